The number of rotatable bonds is 10. The van der Waals surface area contributed by atoms with Crippen LogP contribution in [0.3, 0.4) is 0 Å². The van der Waals surface area contributed by atoms with Gasteiger partial charge in [0.25, 0.3) is 0 Å². The number of carboxylic acids is 1. The summed E-state index contributed by atoms with van der Waals surface area (Å²) in [7, 11) is -1.43. The van der Waals surface area contributed by atoms with Crippen LogP contribution in [0.5, 0.6) is 0 Å². The molecule has 2 atom stereocenters. The summed E-state index contributed by atoms with van der Waals surface area (Å²) in [5.41, 5.74) is 0.888. The topological polar surface area (TPSA) is 63.6 Å². The lowest BCUT2D eigenvalue weighted by molar-refractivity contribution is -0.136. The second kappa shape index (κ2) is 9.68. The Kier molecular flexibility index (Phi) is 8.23. The summed E-state index contributed by atoms with van der Waals surface area (Å²) in [4.78, 5) is 11.3. The summed E-state index contributed by atoms with van der Waals surface area (Å²) in [6.07, 6.45) is 1.24. The molecule has 1 N–H and O–H groups in total. The second-order valence-electron chi connectivity index (χ2n) is 5.40. The van der Waals surface area contributed by atoms with E-state index in [2.05, 4.69) is 13.8 Å². The fourth-order valence-corrected chi connectivity index (χ4v) is 3.00. The van der Waals surface area contributed by atoms with Gasteiger partial charge in [0.1, 0.15) is 5.25 Å². The van der Waals surface area contributed by atoms with Crippen LogP contribution in [-0.4, -0.2) is 39.5 Å². The molecule has 118 valence electrons. The van der Waals surface area contributed by atoms with Crippen LogP contribution in [0.1, 0.15) is 25.8 Å². The van der Waals surface area contributed by atoms with Crippen molar-refractivity contribution < 1.29 is 18.8 Å². The summed E-state index contributed by atoms with van der Waals surface area (Å²) in [6, 6.07) is 9.29. The zero-order valence-electron chi connectivity index (χ0n) is 12.7. The summed E-state index contributed by atoms with van der Waals surface area (Å²) >= 11 is 0. The lowest BCUT2D eigenvalue weighted by Crippen LogP contribution is -2.30. The maximum absolute atomic E-state index is 12.1. The van der Waals surface area contributed by atoms with Gasteiger partial charge in [0.2, 0.25) is 0 Å². The number of hydrogen-bond acceptors (Lipinski definition) is 3. The van der Waals surface area contributed by atoms with Crippen molar-refractivity contribution in [2.45, 2.75) is 31.9 Å². The standard InChI is InChI=1S/C16H24O4S/c1-13(2)8-9-20-10-11-21(19)15(16(17)18)12-14-6-4-3-5-7-14/h3-7,13,15H,8-12H2,1-2H3,(H,17,18). The fraction of sp³-hybridized carbons (Fsp3) is 0.562. The van der Waals surface area contributed by atoms with Gasteiger partial charge < -0.3 is 9.84 Å². The zero-order chi connectivity index (χ0) is 15.7. The van der Waals surface area contributed by atoms with Gasteiger partial charge in [-0.15, -0.1) is 0 Å². The van der Waals surface area contributed by atoms with Gasteiger partial charge in [0.05, 0.1) is 6.61 Å². The van der Waals surface area contributed by atoms with Crippen LogP contribution in [0.4, 0.5) is 0 Å². The van der Waals surface area contributed by atoms with Crippen molar-refractivity contribution in [1.29, 1.82) is 0 Å². The first-order valence-electron chi connectivity index (χ1n) is 7.22. The lowest BCUT2D eigenvalue weighted by Gasteiger charge is -2.13. The zero-order valence-corrected chi connectivity index (χ0v) is 13.5. The molecule has 0 radical (unpaired) electrons. The Bertz CT molecular complexity index is 445. The average molecular weight is 312 g/mol. The minimum absolute atomic E-state index is 0.266. The molecule has 1 aromatic rings. The number of aliphatic carboxylic acids is 1. The minimum Gasteiger partial charge on any atom is -0.480 e. The van der Waals surface area contributed by atoms with E-state index in [9.17, 15) is 14.1 Å². The molecule has 0 heterocycles. The van der Waals surface area contributed by atoms with Crippen LogP contribution in [0, 0.1) is 5.92 Å². The molecule has 2 unspecified atom stereocenters. The summed E-state index contributed by atoms with van der Waals surface area (Å²) in [5, 5.41) is 8.37. The van der Waals surface area contributed by atoms with E-state index in [1.807, 2.05) is 30.3 Å². The molecule has 4 nitrogen and oxygen atoms in total. The minimum atomic E-state index is -1.43. The average Bonchev–Trinajstić information content (AvgIpc) is 2.44. The molecule has 1 rings (SSSR count). The van der Waals surface area contributed by atoms with Crippen molar-refractivity contribution in [3.63, 3.8) is 0 Å². The third kappa shape index (κ3) is 7.39. The molecule has 21 heavy (non-hydrogen) atoms. The molecule has 0 aromatic heterocycles. The first-order valence-corrected chi connectivity index (χ1v) is 8.60. The molecule has 0 aliphatic heterocycles. The maximum atomic E-state index is 12.1. The predicted octanol–water partition coefficient (Wildman–Crippen LogP) is 2.49. The Labute approximate surface area is 129 Å². The van der Waals surface area contributed by atoms with Gasteiger partial charge in [-0.05, 0) is 24.3 Å². The third-order valence-electron chi connectivity index (χ3n) is 3.13. The number of hydrogen-bond donors (Lipinski definition) is 1. The van der Waals surface area contributed by atoms with Crippen molar-refractivity contribution >= 4 is 16.8 Å². The largest absolute Gasteiger partial charge is 0.480 e. The van der Waals surface area contributed by atoms with E-state index in [1.54, 1.807) is 0 Å². The highest BCUT2D eigenvalue weighted by atomic mass is 32.2. The smallest absolute Gasteiger partial charge is 0.319 e. The molecule has 1 aromatic carbocycles. The SMILES string of the molecule is CC(C)CCOCCS(=O)C(Cc1ccccc1)C(=O)O. The highest BCUT2D eigenvalue weighted by Gasteiger charge is 2.24. The normalized spacial score (nSPS) is 14.0. The van der Waals surface area contributed by atoms with Gasteiger partial charge in [0.15, 0.2) is 0 Å². The van der Waals surface area contributed by atoms with E-state index in [0.29, 0.717) is 19.1 Å². The van der Waals surface area contributed by atoms with Gasteiger partial charge >= 0.3 is 5.97 Å². The van der Waals surface area contributed by atoms with Crippen LogP contribution >= 0.6 is 0 Å². The number of benzene rings is 1. The molecule has 5 heteroatoms. The summed E-state index contributed by atoms with van der Waals surface area (Å²) < 4.78 is 17.5. The Morgan fingerprint density at radius 3 is 2.48 bits per heavy atom. The van der Waals surface area contributed by atoms with Crippen molar-refractivity contribution in [3.05, 3.63) is 35.9 Å². The molecule has 0 spiro atoms. The van der Waals surface area contributed by atoms with Gasteiger partial charge in [-0.2, -0.15) is 0 Å². The van der Waals surface area contributed by atoms with E-state index in [0.717, 1.165) is 12.0 Å². The van der Waals surface area contributed by atoms with E-state index >= 15 is 0 Å². The highest BCUT2D eigenvalue weighted by molar-refractivity contribution is 7.86. The molecule has 0 saturated heterocycles. The molecular formula is C16H24O4S. The summed E-state index contributed by atoms with van der Waals surface area (Å²) in [6.45, 7) is 5.20. The first kappa shape index (κ1) is 17.9. The molecule has 0 amide bonds. The highest BCUT2D eigenvalue weighted by Crippen LogP contribution is 2.09. The van der Waals surface area contributed by atoms with Crippen molar-refractivity contribution in [1.82, 2.24) is 0 Å². The number of carboxylic acid groups (broad SMARTS) is 1. The van der Waals surface area contributed by atoms with E-state index < -0.39 is 22.0 Å². The second-order valence-corrected chi connectivity index (χ2v) is 7.14. The fourth-order valence-electron chi connectivity index (χ4n) is 1.83. The van der Waals surface area contributed by atoms with E-state index in [4.69, 9.17) is 4.74 Å². The molecule has 0 saturated carbocycles. The molecular weight excluding hydrogens is 288 g/mol. The van der Waals surface area contributed by atoms with Crippen molar-refractivity contribution in [3.8, 4) is 0 Å². The Balaban J connectivity index is 2.41. The predicted molar refractivity (Wildman–Crippen MR) is 84.9 cm³/mol. The number of ether oxygens (including phenoxy) is 1. The van der Waals surface area contributed by atoms with Gasteiger partial charge in [-0.3, -0.25) is 9.00 Å². The first-order chi connectivity index (χ1) is 10.0. The van der Waals surface area contributed by atoms with Gasteiger partial charge in [-0.25, -0.2) is 0 Å². The van der Waals surface area contributed by atoms with Crippen molar-refractivity contribution in [2.75, 3.05) is 19.0 Å². The van der Waals surface area contributed by atoms with Crippen molar-refractivity contribution in [2.24, 2.45) is 5.92 Å². The number of carbonyl (C=O) groups is 1. The monoisotopic (exact) mass is 312 g/mol. The molecule has 0 aliphatic rings. The summed E-state index contributed by atoms with van der Waals surface area (Å²) in [5.74, 6) is -0.179. The van der Waals surface area contributed by atoms with Crippen LogP contribution in [0.25, 0.3) is 0 Å². The quantitative estimate of drug-likeness (QED) is 0.674. The lowest BCUT2D eigenvalue weighted by atomic mass is 10.1. The van der Waals surface area contributed by atoms with Crippen LogP contribution in [0.2, 0.25) is 0 Å². The van der Waals surface area contributed by atoms with Crippen LogP contribution in [0.15, 0.2) is 30.3 Å². The molecule has 0 aliphatic carbocycles. The third-order valence-corrected chi connectivity index (χ3v) is 4.70. The Hall–Kier alpha value is -1.20. The van der Waals surface area contributed by atoms with Crippen LogP contribution < -0.4 is 0 Å². The molecule has 0 bridgehead atoms. The Morgan fingerprint density at radius 1 is 1.24 bits per heavy atom. The molecule has 0 fully saturated rings. The van der Waals surface area contributed by atoms with Gasteiger partial charge in [-0.1, -0.05) is 44.2 Å². The Morgan fingerprint density at radius 2 is 1.90 bits per heavy atom. The maximum Gasteiger partial charge on any atom is 0.319 e. The van der Waals surface area contributed by atoms with E-state index in [-0.39, 0.29) is 12.2 Å². The van der Waals surface area contributed by atoms with E-state index in [1.165, 1.54) is 0 Å². The van der Waals surface area contributed by atoms with Gasteiger partial charge in [0, 0.05) is 23.2 Å². The van der Waals surface area contributed by atoms with Crippen LogP contribution in [-0.2, 0) is 26.8 Å².